The summed E-state index contributed by atoms with van der Waals surface area (Å²) in [5.41, 5.74) is -2.75. The Bertz CT molecular complexity index is 721. The lowest BCUT2D eigenvalue weighted by Gasteiger charge is -2.36. The fourth-order valence-corrected chi connectivity index (χ4v) is 5.84. The van der Waals surface area contributed by atoms with Crippen molar-refractivity contribution in [2.45, 2.75) is 154 Å². The Labute approximate surface area is 257 Å². The minimum atomic E-state index is -5.02. The number of phosphoric ester groups is 1. The molecule has 0 aliphatic carbocycles. The molecule has 2 atom stereocenters. The molecule has 0 fully saturated rings. The molecule has 250 valence electrons. The molecule has 0 aromatic rings. The molecular formula is C32H64NO8P. The molecule has 0 heterocycles. The summed E-state index contributed by atoms with van der Waals surface area (Å²) in [6, 6.07) is 0. The zero-order chi connectivity index (χ0) is 31.9. The Balaban J connectivity index is 5.19. The van der Waals surface area contributed by atoms with Crippen molar-refractivity contribution in [2.24, 2.45) is 0 Å². The molecule has 0 bridgehead atoms. The van der Waals surface area contributed by atoms with Crippen molar-refractivity contribution in [1.82, 2.24) is 0 Å². The quantitative estimate of drug-likeness (QED) is 0.0415. The van der Waals surface area contributed by atoms with Gasteiger partial charge >= 0.3 is 0 Å². The molecule has 10 heteroatoms. The number of hydrogen-bond acceptors (Lipinski definition) is 8. The van der Waals surface area contributed by atoms with Crippen LogP contribution >= 0.6 is 7.82 Å². The number of Topliss-reactive ketones (excluding diaryl/α,β-unsaturated/α-hetero) is 2. The summed E-state index contributed by atoms with van der Waals surface area (Å²) in [5.74, 6) is -1.62. The minimum absolute atomic E-state index is 0.0960. The van der Waals surface area contributed by atoms with Crippen LogP contribution < -0.4 is 4.89 Å². The lowest BCUT2D eigenvalue weighted by molar-refractivity contribution is -0.870. The molecule has 42 heavy (non-hydrogen) atoms. The maximum Gasteiger partial charge on any atom is 0.268 e. The van der Waals surface area contributed by atoms with Crippen molar-refractivity contribution < 1.29 is 42.8 Å². The predicted octanol–water partition coefficient (Wildman–Crippen LogP) is 6.27. The largest absolute Gasteiger partial charge is 0.756 e. The van der Waals surface area contributed by atoms with Crippen molar-refractivity contribution in [3.05, 3.63) is 0 Å². The van der Waals surface area contributed by atoms with E-state index in [4.69, 9.17) is 9.05 Å². The SMILES string of the molecule is CCCCCCCCCCCC(=O)C(O)(C(=O)CCCCCCCCCCC)[C@H](CO)OP(=O)([O-])OCC[N+](C)(C)C. The molecule has 0 amide bonds. The monoisotopic (exact) mass is 621 g/mol. The van der Waals surface area contributed by atoms with Crippen molar-refractivity contribution in [3.8, 4) is 0 Å². The van der Waals surface area contributed by atoms with E-state index in [-0.39, 0.29) is 19.4 Å². The zero-order valence-corrected chi connectivity index (χ0v) is 28.5. The fourth-order valence-electron chi connectivity index (χ4n) is 4.94. The smallest absolute Gasteiger partial charge is 0.268 e. The number of nitrogens with zero attached hydrogens (tertiary/aromatic N) is 1. The molecule has 9 nitrogen and oxygen atoms in total. The third-order valence-corrected chi connectivity index (χ3v) is 8.78. The number of aliphatic hydroxyl groups is 2. The van der Waals surface area contributed by atoms with E-state index in [0.717, 1.165) is 51.4 Å². The first kappa shape index (κ1) is 41.3. The predicted molar refractivity (Wildman–Crippen MR) is 167 cm³/mol. The summed E-state index contributed by atoms with van der Waals surface area (Å²) in [4.78, 5) is 39.2. The first-order chi connectivity index (χ1) is 19.8. The van der Waals surface area contributed by atoms with Crippen LogP contribution in [0.4, 0.5) is 0 Å². The number of aliphatic hydroxyl groups excluding tert-OH is 1. The number of carbonyl (C=O) groups is 2. The van der Waals surface area contributed by atoms with Crippen molar-refractivity contribution >= 4 is 19.4 Å². The highest BCUT2D eigenvalue weighted by Crippen LogP contribution is 2.42. The van der Waals surface area contributed by atoms with E-state index in [9.17, 15) is 29.3 Å². The van der Waals surface area contributed by atoms with Crippen LogP contribution in [-0.2, 0) is 23.2 Å². The van der Waals surface area contributed by atoms with Gasteiger partial charge in [0.15, 0.2) is 11.6 Å². The Kier molecular flexibility index (Phi) is 23.3. The Morgan fingerprint density at radius 3 is 1.43 bits per heavy atom. The van der Waals surface area contributed by atoms with Crippen LogP contribution in [0.5, 0.6) is 0 Å². The van der Waals surface area contributed by atoms with E-state index in [1.165, 1.54) is 51.4 Å². The molecule has 0 saturated heterocycles. The highest BCUT2D eigenvalue weighted by molar-refractivity contribution is 7.45. The van der Waals surface area contributed by atoms with Gasteiger partial charge in [0, 0.05) is 12.8 Å². The summed E-state index contributed by atoms with van der Waals surface area (Å²) in [5, 5.41) is 21.5. The van der Waals surface area contributed by atoms with Gasteiger partial charge in [-0.15, -0.1) is 0 Å². The molecular weight excluding hydrogens is 557 g/mol. The van der Waals surface area contributed by atoms with Crippen LogP contribution in [0.3, 0.4) is 0 Å². The number of quaternary nitrogens is 1. The fraction of sp³-hybridized carbons (Fsp3) is 0.938. The van der Waals surface area contributed by atoms with E-state index in [0.29, 0.717) is 23.9 Å². The number of carbonyl (C=O) groups excluding carboxylic acids is 2. The number of hydrogen-bond donors (Lipinski definition) is 2. The van der Waals surface area contributed by atoms with Crippen LogP contribution in [-0.4, -0.2) is 78.9 Å². The van der Waals surface area contributed by atoms with E-state index in [2.05, 4.69) is 13.8 Å². The van der Waals surface area contributed by atoms with Gasteiger partial charge in [-0.25, -0.2) is 0 Å². The van der Waals surface area contributed by atoms with Gasteiger partial charge in [-0.1, -0.05) is 117 Å². The maximum atomic E-state index is 13.3. The number of rotatable bonds is 30. The van der Waals surface area contributed by atoms with Crippen LogP contribution in [0, 0.1) is 0 Å². The van der Waals surface area contributed by atoms with Gasteiger partial charge < -0.3 is 28.6 Å². The molecule has 0 rings (SSSR count). The lowest BCUT2D eigenvalue weighted by Crippen LogP contribution is -2.58. The van der Waals surface area contributed by atoms with Crippen LogP contribution in [0.2, 0.25) is 0 Å². The van der Waals surface area contributed by atoms with Crippen molar-refractivity contribution in [2.75, 3.05) is 40.9 Å². The molecule has 0 radical (unpaired) electrons. The average molecular weight is 622 g/mol. The molecule has 0 aliphatic heterocycles. The van der Waals surface area contributed by atoms with E-state index >= 15 is 0 Å². The first-order valence-electron chi connectivity index (χ1n) is 16.7. The van der Waals surface area contributed by atoms with Gasteiger partial charge in [0.25, 0.3) is 7.82 Å². The van der Waals surface area contributed by atoms with Crippen molar-refractivity contribution in [1.29, 1.82) is 0 Å². The molecule has 0 aromatic carbocycles. The molecule has 0 spiro atoms. The van der Waals surface area contributed by atoms with E-state index < -0.39 is 37.7 Å². The van der Waals surface area contributed by atoms with Crippen molar-refractivity contribution in [3.63, 3.8) is 0 Å². The molecule has 0 aliphatic rings. The van der Waals surface area contributed by atoms with Crippen LogP contribution in [0.15, 0.2) is 0 Å². The Morgan fingerprint density at radius 1 is 0.738 bits per heavy atom. The minimum Gasteiger partial charge on any atom is -0.756 e. The van der Waals surface area contributed by atoms with Gasteiger partial charge in [-0.2, -0.15) is 0 Å². The van der Waals surface area contributed by atoms with Crippen LogP contribution in [0.1, 0.15) is 142 Å². The topological polar surface area (TPSA) is 133 Å². The third kappa shape index (κ3) is 19.6. The highest BCUT2D eigenvalue weighted by Gasteiger charge is 2.51. The number of phosphoric acid groups is 1. The average Bonchev–Trinajstić information content (AvgIpc) is 2.92. The normalized spacial score (nSPS) is 14.6. The van der Waals surface area contributed by atoms with Gasteiger partial charge in [0.1, 0.15) is 19.3 Å². The number of ketones is 2. The molecule has 2 N–H and O–H groups in total. The van der Waals surface area contributed by atoms with E-state index in [1.807, 2.05) is 21.1 Å². The summed E-state index contributed by atoms with van der Waals surface area (Å²) in [6.45, 7) is 3.52. The second kappa shape index (κ2) is 23.7. The second-order valence-electron chi connectivity index (χ2n) is 12.8. The van der Waals surface area contributed by atoms with Gasteiger partial charge in [0.2, 0.25) is 5.60 Å². The van der Waals surface area contributed by atoms with E-state index in [1.54, 1.807) is 0 Å². The molecule has 0 aromatic heterocycles. The Hall–Kier alpha value is -0.670. The number of unbranched alkanes of at least 4 members (excludes halogenated alkanes) is 16. The second-order valence-corrected chi connectivity index (χ2v) is 14.2. The summed E-state index contributed by atoms with van der Waals surface area (Å²) in [7, 11) is 0.583. The molecule has 0 saturated carbocycles. The molecule has 1 unspecified atom stereocenters. The third-order valence-electron chi connectivity index (χ3n) is 7.76. The van der Waals surface area contributed by atoms with Gasteiger partial charge in [-0.3, -0.25) is 14.2 Å². The Morgan fingerprint density at radius 2 is 1.10 bits per heavy atom. The van der Waals surface area contributed by atoms with Crippen LogP contribution in [0.25, 0.3) is 0 Å². The van der Waals surface area contributed by atoms with Gasteiger partial charge in [0.05, 0.1) is 27.7 Å². The zero-order valence-electron chi connectivity index (χ0n) is 27.6. The first-order valence-corrected chi connectivity index (χ1v) is 18.1. The maximum absolute atomic E-state index is 13.3. The van der Waals surface area contributed by atoms with Gasteiger partial charge in [-0.05, 0) is 12.8 Å². The lowest BCUT2D eigenvalue weighted by atomic mass is 9.82. The number of likely N-dealkylation sites (N-methyl/N-ethyl adjacent to an activating group) is 1. The highest BCUT2D eigenvalue weighted by atomic mass is 31.2. The summed E-state index contributed by atoms with van der Waals surface area (Å²) >= 11 is 0. The summed E-state index contributed by atoms with van der Waals surface area (Å²) in [6.07, 6.45) is 16.3. The summed E-state index contributed by atoms with van der Waals surface area (Å²) < 4.78 is 23.0. The standard InChI is InChI=1S/C32H64NO8P/c1-6-8-10-12-14-16-18-20-22-24-29(35)32(37,30(36)25-23-21-19-17-15-13-11-9-7-2)31(28-34)41-42(38,39)40-27-26-33(3,4)5/h31,34,37H,6-28H2,1-5H3/t31-/m0/s1.